The van der Waals surface area contributed by atoms with Crippen LogP contribution in [-0.4, -0.2) is 43.6 Å². The van der Waals surface area contributed by atoms with Crippen molar-refractivity contribution in [3.05, 3.63) is 29.8 Å². The zero-order valence-electron chi connectivity index (χ0n) is 15.5. The van der Waals surface area contributed by atoms with E-state index >= 15 is 0 Å². The summed E-state index contributed by atoms with van der Waals surface area (Å²) in [5.41, 5.74) is 0.598. The van der Waals surface area contributed by atoms with Crippen molar-refractivity contribution < 1.29 is 19.1 Å². The zero-order valence-corrected chi connectivity index (χ0v) is 15.5. The number of nitrogens with zero attached hydrogens (tertiary/aromatic N) is 1. The standard InChI is InChI=1S/C20H29NO4/c1-15(20(23)25-3)14-21(17-10-6-4-5-7-11-17)19(22)16-9-8-12-18(13-16)24-2/h8-9,12-13,15,17H,4-7,10-11,14H2,1-3H3. The normalized spacial score (nSPS) is 16.6. The van der Waals surface area contributed by atoms with Crippen LogP contribution < -0.4 is 4.74 Å². The summed E-state index contributed by atoms with van der Waals surface area (Å²) in [6, 6.07) is 7.38. The minimum Gasteiger partial charge on any atom is -0.497 e. The van der Waals surface area contributed by atoms with Crippen molar-refractivity contribution in [1.29, 1.82) is 0 Å². The molecular weight excluding hydrogens is 318 g/mol. The van der Waals surface area contributed by atoms with Gasteiger partial charge < -0.3 is 14.4 Å². The fourth-order valence-electron chi connectivity index (χ4n) is 3.46. The van der Waals surface area contributed by atoms with Gasteiger partial charge >= 0.3 is 5.97 Å². The quantitative estimate of drug-likeness (QED) is 0.582. The van der Waals surface area contributed by atoms with E-state index in [-0.39, 0.29) is 23.8 Å². The lowest BCUT2D eigenvalue weighted by atomic mass is 10.0. The number of hydrogen-bond donors (Lipinski definition) is 0. The topological polar surface area (TPSA) is 55.8 Å². The Morgan fingerprint density at radius 1 is 1.16 bits per heavy atom. The monoisotopic (exact) mass is 347 g/mol. The van der Waals surface area contributed by atoms with E-state index < -0.39 is 0 Å². The van der Waals surface area contributed by atoms with Gasteiger partial charge in [-0.15, -0.1) is 0 Å². The molecule has 138 valence electrons. The third kappa shape index (κ3) is 5.21. The zero-order chi connectivity index (χ0) is 18.2. The highest BCUT2D eigenvalue weighted by Gasteiger charge is 2.29. The molecule has 1 fully saturated rings. The van der Waals surface area contributed by atoms with E-state index in [0.717, 1.165) is 25.7 Å². The first-order valence-corrected chi connectivity index (χ1v) is 9.09. The van der Waals surface area contributed by atoms with E-state index in [0.29, 0.717) is 17.9 Å². The molecule has 25 heavy (non-hydrogen) atoms. The number of benzene rings is 1. The summed E-state index contributed by atoms with van der Waals surface area (Å²) in [4.78, 5) is 26.9. The molecule has 0 aromatic heterocycles. The number of carbonyl (C=O) groups is 2. The SMILES string of the molecule is COC(=O)C(C)CN(C(=O)c1cccc(OC)c1)C1CCCCCC1. The van der Waals surface area contributed by atoms with Crippen LogP contribution in [0.2, 0.25) is 0 Å². The molecule has 1 atom stereocenters. The molecule has 1 amide bonds. The Morgan fingerprint density at radius 2 is 1.84 bits per heavy atom. The van der Waals surface area contributed by atoms with Gasteiger partial charge in [0.25, 0.3) is 5.91 Å². The molecule has 0 bridgehead atoms. The van der Waals surface area contributed by atoms with E-state index in [2.05, 4.69) is 0 Å². The number of rotatable bonds is 6. The summed E-state index contributed by atoms with van der Waals surface area (Å²) in [5.74, 6) is -0.00545. The molecule has 0 radical (unpaired) electrons. The van der Waals surface area contributed by atoms with Gasteiger partial charge in [-0.25, -0.2) is 0 Å². The Hall–Kier alpha value is -2.04. The van der Waals surface area contributed by atoms with E-state index in [1.54, 1.807) is 19.2 Å². The van der Waals surface area contributed by atoms with Gasteiger partial charge in [0, 0.05) is 18.2 Å². The summed E-state index contributed by atoms with van der Waals surface area (Å²) in [6.07, 6.45) is 6.65. The van der Waals surface area contributed by atoms with Gasteiger partial charge in [0.05, 0.1) is 20.1 Å². The number of hydrogen-bond acceptors (Lipinski definition) is 4. The molecule has 1 aromatic rings. The van der Waals surface area contributed by atoms with Crippen molar-refractivity contribution in [2.75, 3.05) is 20.8 Å². The number of esters is 1. The lowest BCUT2D eigenvalue weighted by molar-refractivity contribution is -0.145. The van der Waals surface area contributed by atoms with E-state index in [4.69, 9.17) is 9.47 Å². The largest absolute Gasteiger partial charge is 0.497 e. The molecule has 0 spiro atoms. The van der Waals surface area contributed by atoms with Gasteiger partial charge in [-0.3, -0.25) is 9.59 Å². The van der Waals surface area contributed by atoms with Crippen molar-refractivity contribution in [3.63, 3.8) is 0 Å². The van der Waals surface area contributed by atoms with Gasteiger partial charge in [-0.2, -0.15) is 0 Å². The van der Waals surface area contributed by atoms with Crippen molar-refractivity contribution in [2.24, 2.45) is 5.92 Å². The maximum Gasteiger partial charge on any atom is 0.310 e. The number of methoxy groups -OCH3 is 2. The number of amides is 1. The van der Waals surface area contributed by atoms with Crippen LogP contribution in [0.25, 0.3) is 0 Å². The highest BCUT2D eigenvalue weighted by molar-refractivity contribution is 5.95. The molecule has 0 saturated heterocycles. The molecule has 1 aromatic carbocycles. The molecular formula is C20H29NO4. The van der Waals surface area contributed by atoms with Gasteiger partial charge in [0.15, 0.2) is 0 Å². The van der Waals surface area contributed by atoms with E-state index in [9.17, 15) is 9.59 Å². The van der Waals surface area contributed by atoms with Crippen molar-refractivity contribution in [2.45, 2.75) is 51.5 Å². The van der Waals surface area contributed by atoms with E-state index in [1.807, 2.05) is 24.0 Å². The highest BCUT2D eigenvalue weighted by Crippen LogP contribution is 2.25. The molecule has 0 aliphatic heterocycles. The summed E-state index contributed by atoms with van der Waals surface area (Å²) >= 11 is 0. The van der Waals surface area contributed by atoms with Crippen LogP contribution in [0.3, 0.4) is 0 Å². The van der Waals surface area contributed by atoms with Gasteiger partial charge in [-0.1, -0.05) is 38.7 Å². The van der Waals surface area contributed by atoms with Crippen LogP contribution in [0.4, 0.5) is 0 Å². The predicted molar refractivity (Wildman–Crippen MR) is 96.7 cm³/mol. The van der Waals surface area contributed by atoms with Crippen LogP contribution in [0.1, 0.15) is 55.8 Å². The number of carbonyl (C=O) groups excluding carboxylic acids is 2. The van der Waals surface area contributed by atoms with Crippen molar-refractivity contribution in [3.8, 4) is 5.75 Å². The lowest BCUT2D eigenvalue weighted by Gasteiger charge is -2.33. The first-order chi connectivity index (χ1) is 12.1. The van der Waals surface area contributed by atoms with Crippen LogP contribution in [0.15, 0.2) is 24.3 Å². The van der Waals surface area contributed by atoms with Gasteiger partial charge in [-0.05, 0) is 31.0 Å². The molecule has 1 saturated carbocycles. The van der Waals surface area contributed by atoms with Crippen LogP contribution in [0.5, 0.6) is 5.75 Å². The molecule has 5 nitrogen and oxygen atoms in total. The fraction of sp³-hybridized carbons (Fsp3) is 0.600. The molecule has 0 heterocycles. The van der Waals surface area contributed by atoms with Gasteiger partial charge in [0.1, 0.15) is 5.75 Å². The van der Waals surface area contributed by atoms with Crippen molar-refractivity contribution in [1.82, 2.24) is 4.90 Å². The fourth-order valence-corrected chi connectivity index (χ4v) is 3.46. The minimum atomic E-state index is -0.345. The second-order valence-electron chi connectivity index (χ2n) is 6.76. The number of ether oxygens (including phenoxy) is 2. The van der Waals surface area contributed by atoms with Gasteiger partial charge in [0.2, 0.25) is 0 Å². The maximum atomic E-state index is 13.2. The molecule has 1 aliphatic carbocycles. The first kappa shape index (κ1) is 19.3. The Labute approximate surface area is 150 Å². The lowest BCUT2D eigenvalue weighted by Crippen LogP contribution is -2.44. The molecule has 2 rings (SSSR count). The van der Waals surface area contributed by atoms with Crippen LogP contribution in [0, 0.1) is 5.92 Å². The summed E-state index contributed by atoms with van der Waals surface area (Å²) in [7, 11) is 2.98. The van der Waals surface area contributed by atoms with Crippen LogP contribution >= 0.6 is 0 Å². The summed E-state index contributed by atoms with van der Waals surface area (Å²) < 4.78 is 10.1. The average molecular weight is 347 g/mol. The third-order valence-corrected chi connectivity index (χ3v) is 4.92. The first-order valence-electron chi connectivity index (χ1n) is 9.09. The average Bonchev–Trinajstić information content (AvgIpc) is 2.94. The summed E-state index contributed by atoms with van der Waals surface area (Å²) in [5, 5.41) is 0. The molecule has 0 N–H and O–H groups in total. The third-order valence-electron chi connectivity index (χ3n) is 4.92. The Balaban J connectivity index is 2.24. The smallest absolute Gasteiger partial charge is 0.310 e. The Bertz CT molecular complexity index is 579. The minimum absolute atomic E-state index is 0.0402. The second-order valence-corrected chi connectivity index (χ2v) is 6.76. The predicted octanol–water partition coefficient (Wildman–Crippen LogP) is 3.67. The highest BCUT2D eigenvalue weighted by atomic mass is 16.5. The molecule has 1 unspecified atom stereocenters. The second kappa shape index (κ2) is 9.44. The van der Waals surface area contributed by atoms with Crippen molar-refractivity contribution >= 4 is 11.9 Å². The van der Waals surface area contributed by atoms with E-state index in [1.165, 1.54) is 20.0 Å². The molecule has 1 aliphatic rings. The maximum absolute atomic E-state index is 13.2. The Kier molecular flexibility index (Phi) is 7.29. The van der Waals surface area contributed by atoms with Crippen LogP contribution in [-0.2, 0) is 9.53 Å². The Morgan fingerprint density at radius 3 is 2.44 bits per heavy atom. The summed E-state index contributed by atoms with van der Waals surface area (Å²) in [6.45, 7) is 2.20. The molecule has 5 heteroatoms.